The molecule has 1 spiro atoms. The number of carbonyl (C=O) groups is 1. The van der Waals surface area contributed by atoms with Gasteiger partial charge >= 0.3 is 0 Å². The second-order valence-corrected chi connectivity index (χ2v) is 11.1. The number of hydrogen-bond acceptors (Lipinski definition) is 6. The number of nitrogens with one attached hydrogen (secondary N) is 1. The van der Waals surface area contributed by atoms with Gasteiger partial charge in [0, 0.05) is 30.8 Å². The number of methoxy groups -OCH3 is 1. The quantitative estimate of drug-likeness (QED) is 0.374. The minimum atomic E-state index is -0.404. The monoisotopic (exact) mass is 551 g/mol. The van der Waals surface area contributed by atoms with E-state index in [1.54, 1.807) is 7.11 Å². The van der Waals surface area contributed by atoms with E-state index in [1.165, 1.54) is 5.56 Å². The van der Waals surface area contributed by atoms with Crippen molar-refractivity contribution < 1.29 is 14.3 Å². The predicted octanol–water partition coefficient (Wildman–Crippen LogP) is 5.23. The summed E-state index contributed by atoms with van der Waals surface area (Å²) in [6.45, 7) is 4.14. The maximum Gasteiger partial charge on any atom is 0.226 e. The molecule has 1 aromatic heterocycles. The van der Waals surface area contributed by atoms with Crippen molar-refractivity contribution >= 4 is 5.91 Å². The van der Waals surface area contributed by atoms with E-state index in [0.717, 1.165) is 85.7 Å². The average Bonchev–Trinajstić information content (AvgIpc) is 3.47. The van der Waals surface area contributed by atoms with Gasteiger partial charge in [-0.25, -0.2) is 0 Å². The zero-order valence-electron chi connectivity index (χ0n) is 23.6. The van der Waals surface area contributed by atoms with E-state index < -0.39 is 5.41 Å². The third-order valence-electron chi connectivity index (χ3n) is 8.46. The number of aromatic nitrogens is 3. The molecule has 3 aromatic carbocycles. The number of fused-ring (bicyclic) bond motifs is 3. The summed E-state index contributed by atoms with van der Waals surface area (Å²) in [6.07, 6.45) is 5.29. The van der Waals surface area contributed by atoms with E-state index in [4.69, 9.17) is 9.47 Å². The summed E-state index contributed by atoms with van der Waals surface area (Å²) in [6, 6.07) is 24.7. The Balaban J connectivity index is 1.16. The van der Waals surface area contributed by atoms with Crippen LogP contribution in [0.2, 0.25) is 0 Å². The number of likely N-dealkylation sites (tertiary alicyclic amines) is 1. The molecule has 1 saturated heterocycles. The maximum absolute atomic E-state index is 13.8. The summed E-state index contributed by atoms with van der Waals surface area (Å²) in [5.74, 6) is 1.78. The molecule has 0 aliphatic carbocycles. The lowest BCUT2D eigenvalue weighted by atomic mass is 9.73. The van der Waals surface area contributed by atoms with Crippen molar-refractivity contribution in [3.63, 3.8) is 0 Å². The number of amides is 1. The Labute approximate surface area is 241 Å². The molecule has 3 heterocycles. The minimum Gasteiger partial charge on any atom is -0.496 e. The Bertz CT molecular complexity index is 1490. The number of benzene rings is 3. The first-order valence-electron chi connectivity index (χ1n) is 14.4. The number of ether oxygens (including phenoxy) is 2. The summed E-state index contributed by atoms with van der Waals surface area (Å²) in [4.78, 5) is 16.3. The topological polar surface area (TPSA) is 81.5 Å². The van der Waals surface area contributed by atoms with Crippen molar-refractivity contribution in [2.45, 2.75) is 51.9 Å². The molecule has 2 aliphatic heterocycles. The molecule has 1 N–H and O–H groups in total. The van der Waals surface area contributed by atoms with Crippen LogP contribution in [0.4, 0.5) is 0 Å². The molecule has 0 atom stereocenters. The number of para-hydroxylation sites is 2. The standard InChI is InChI=1S/C33H37N5O3/c1-40-31-13-5-3-11-29(31)26-10-6-8-25(20-26)22-37-18-15-33(16-19-37)14-7-17-38-23-28(35-36-38)24-41-30-12-4-2-9-27(30)21-34-32(33)39/h2-6,8-13,20,23H,7,14-19,21-22,24H2,1H3,(H,34,39). The Morgan fingerprint density at radius 1 is 0.976 bits per heavy atom. The first-order valence-corrected chi connectivity index (χ1v) is 14.4. The fraction of sp³-hybridized carbons (Fsp3) is 0.364. The molecule has 41 heavy (non-hydrogen) atoms. The van der Waals surface area contributed by atoms with Crippen molar-refractivity contribution in [1.82, 2.24) is 25.2 Å². The molecule has 1 fully saturated rings. The van der Waals surface area contributed by atoms with E-state index in [1.807, 2.05) is 53.3 Å². The molecule has 0 radical (unpaired) electrons. The first kappa shape index (κ1) is 27.0. The third-order valence-corrected chi connectivity index (χ3v) is 8.46. The summed E-state index contributed by atoms with van der Waals surface area (Å²) >= 11 is 0. The van der Waals surface area contributed by atoms with Gasteiger partial charge in [0.2, 0.25) is 5.91 Å². The van der Waals surface area contributed by atoms with E-state index in [2.05, 4.69) is 50.9 Å². The fourth-order valence-electron chi connectivity index (χ4n) is 6.11. The van der Waals surface area contributed by atoms with Gasteiger partial charge in [0.25, 0.3) is 0 Å². The highest BCUT2D eigenvalue weighted by molar-refractivity contribution is 5.82. The fourth-order valence-corrected chi connectivity index (χ4v) is 6.11. The largest absolute Gasteiger partial charge is 0.496 e. The van der Waals surface area contributed by atoms with Crippen LogP contribution in [0, 0.1) is 5.41 Å². The van der Waals surface area contributed by atoms with Gasteiger partial charge in [-0.05, 0) is 68.1 Å². The van der Waals surface area contributed by atoms with Crippen molar-refractivity contribution in [3.05, 3.63) is 95.8 Å². The lowest BCUT2D eigenvalue weighted by Crippen LogP contribution is -2.48. The highest BCUT2D eigenvalue weighted by Gasteiger charge is 2.40. The number of nitrogens with zero attached hydrogens (tertiary/aromatic N) is 4. The van der Waals surface area contributed by atoms with Crippen LogP contribution >= 0.6 is 0 Å². The summed E-state index contributed by atoms with van der Waals surface area (Å²) in [7, 11) is 1.71. The second kappa shape index (κ2) is 12.1. The number of carbonyl (C=O) groups excluding carboxylic acids is 1. The number of aryl methyl sites for hydroxylation is 1. The lowest BCUT2D eigenvalue weighted by Gasteiger charge is -2.41. The van der Waals surface area contributed by atoms with E-state index in [9.17, 15) is 4.79 Å². The van der Waals surface area contributed by atoms with E-state index >= 15 is 0 Å². The van der Waals surface area contributed by atoms with Gasteiger partial charge in [0.1, 0.15) is 23.8 Å². The van der Waals surface area contributed by atoms with Gasteiger partial charge in [-0.3, -0.25) is 14.4 Å². The molecule has 4 aromatic rings. The Morgan fingerprint density at radius 2 is 1.80 bits per heavy atom. The molecule has 0 unspecified atom stereocenters. The molecule has 1 amide bonds. The van der Waals surface area contributed by atoms with Crippen molar-refractivity contribution in [3.8, 4) is 22.6 Å². The molecule has 212 valence electrons. The molecular formula is C33H37N5O3. The Kier molecular flexibility index (Phi) is 8.00. The van der Waals surface area contributed by atoms with Gasteiger partial charge in [0.15, 0.2) is 0 Å². The molecule has 2 bridgehead atoms. The lowest BCUT2D eigenvalue weighted by molar-refractivity contribution is -0.135. The van der Waals surface area contributed by atoms with Crippen molar-refractivity contribution in [1.29, 1.82) is 0 Å². The summed E-state index contributed by atoms with van der Waals surface area (Å²) in [5, 5.41) is 11.8. The molecule has 0 saturated carbocycles. The van der Waals surface area contributed by atoms with E-state index in [-0.39, 0.29) is 5.91 Å². The van der Waals surface area contributed by atoms with Crippen molar-refractivity contribution in [2.24, 2.45) is 5.41 Å². The van der Waals surface area contributed by atoms with Gasteiger partial charge in [-0.1, -0.05) is 59.8 Å². The van der Waals surface area contributed by atoms with Crippen LogP contribution < -0.4 is 14.8 Å². The van der Waals surface area contributed by atoms with Gasteiger partial charge in [-0.2, -0.15) is 0 Å². The number of rotatable bonds is 4. The smallest absolute Gasteiger partial charge is 0.226 e. The third kappa shape index (κ3) is 6.12. The van der Waals surface area contributed by atoms with Crippen LogP contribution in [0.5, 0.6) is 11.5 Å². The minimum absolute atomic E-state index is 0.140. The highest BCUT2D eigenvalue weighted by Crippen LogP contribution is 2.38. The average molecular weight is 552 g/mol. The van der Waals surface area contributed by atoms with Crippen LogP contribution in [-0.4, -0.2) is 46.0 Å². The Hall–Kier alpha value is -4.17. The molecule has 8 nitrogen and oxygen atoms in total. The Morgan fingerprint density at radius 3 is 2.68 bits per heavy atom. The normalized spacial score (nSPS) is 17.6. The van der Waals surface area contributed by atoms with Crippen molar-refractivity contribution in [2.75, 3.05) is 20.2 Å². The molecule has 6 rings (SSSR count). The summed E-state index contributed by atoms with van der Waals surface area (Å²) in [5.41, 5.74) is 4.88. The number of piperidine rings is 1. The second-order valence-electron chi connectivity index (χ2n) is 11.1. The van der Waals surface area contributed by atoms with E-state index in [0.29, 0.717) is 13.2 Å². The van der Waals surface area contributed by atoms with Crippen LogP contribution in [0.3, 0.4) is 0 Å². The SMILES string of the molecule is COc1ccccc1-c1cccc(CN2CCC3(CCCn4cc(nn4)COc4ccccc4CNC3=O)CC2)c1. The zero-order chi connectivity index (χ0) is 28.1. The zero-order valence-corrected chi connectivity index (χ0v) is 23.6. The molecular weight excluding hydrogens is 514 g/mol. The van der Waals surface area contributed by atoms with Crippen LogP contribution in [0.1, 0.15) is 42.5 Å². The van der Waals surface area contributed by atoms with Gasteiger partial charge < -0.3 is 14.8 Å². The first-order chi connectivity index (χ1) is 20.1. The number of hydrogen-bond donors (Lipinski definition) is 1. The van der Waals surface area contributed by atoms with Crippen LogP contribution in [-0.2, 0) is 31.0 Å². The molecule has 2 aliphatic rings. The predicted molar refractivity (Wildman–Crippen MR) is 157 cm³/mol. The van der Waals surface area contributed by atoms with Gasteiger partial charge in [-0.15, -0.1) is 5.10 Å². The van der Waals surface area contributed by atoms with Crippen LogP contribution in [0.15, 0.2) is 79.0 Å². The maximum atomic E-state index is 13.8. The van der Waals surface area contributed by atoms with Gasteiger partial charge in [0.05, 0.1) is 18.7 Å². The summed E-state index contributed by atoms with van der Waals surface area (Å²) < 4.78 is 13.5. The van der Waals surface area contributed by atoms with Crippen LogP contribution in [0.25, 0.3) is 11.1 Å². The highest BCUT2D eigenvalue weighted by atomic mass is 16.5. The molecule has 8 heteroatoms.